The van der Waals surface area contributed by atoms with Crippen molar-refractivity contribution in [2.75, 3.05) is 5.75 Å². The van der Waals surface area contributed by atoms with E-state index in [0.717, 1.165) is 16.8 Å². The van der Waals surface area contributed by atoms with Crippen molar-refractivity contribution in [1.82, 2.24) is 19.6 Å². The quantitative estimate of drug-likeness (QED) is 0.592. The Morgan fingerprint density at radius 3 is 2.82 bits per heavy atom. The van der Waals surface area contributed by atoms with Crippen LogP contribution in [0.3, 0.4) is 0 Å². The zero-order chi connectivity index (χ0) is 15.7. The van der Waals surface area contributed by atoms with Gasteiger partial charge in [-0.1, -0.05) is 41.4 Å². The molecule has 3 rings (SSSR count). The normalized spacial score (nSPS) is 10.8. The third-order valence-corrected chi connectivity index (χ3v) is 4.10. The first kappa shape index (κ1) is 14.7. The van der Waals surface area contributed by atoms with Gasteiger partial charge in [-0.05, 0) is 24.6 Å². The highest BCUT2D eigenvalue weighted by molar-refractivity contribution is 7.99. The molecule has 0 aliphatic rings. The van der Waals surface area contributed by atoms with E-state index in [0.29, 0.717) is 21.6 Å². The minimum absolute atomic E-state index is 0.340. The number of aromatic amines is 1. The van der Waals surface area contributed by atoms with Crippen LogP contribution in [-0.4, -0.2) is 25.3 Å². The van der Waals surface area contributed by atoms with Crippen LogP contribution in [0.1, 0.15) is 5.69 Å². The Hall–Kier alpha value is -2.23. The van der Waals surface area contributed by atoms with Crippen LogP contribution in [0.4, 0.5) is 0 Å². The molecule has 0 bridgehead atoms. The number of terminal acetylenes is 1. The number of rotatable bonds is 3. The second-order valence-electron chi connectivity index (χ2n) is 4.54. The number of fused-ring (bicyclic) bond motifs is 1. The zero-order valence-electron chi connectivity index (χ0n) is 11.6. The van der Waals surface area contributed by atoms with E-state index < -0.39 is 0 Å². The lowest BCUT2D eigenvalue weighted by Crippen LogP contribution is -2.19. The third kappa shape index (κ3) is 2.61. The standard InChI is InChI=1S/C15H11ClN4OS/c1-3-8-22-14-17-13-12(10-4-6-11(16)7-5-10)9(2)19-20(13)15(21)18-14/h1,4-7H,8H2,2H3,(H,17,18,21). The second-order valence-corrected chi connectivity index (χ2v) is 5.94. The van der Waals surface area contributed by atoms with E-state index in [1.165, 1.54) is 16.3 Å². The van der Waals surface area contributed by atoms with E-state index in [4.69, 9.17) is 18.0 Å². The van der Waals surface area contributed by atoms with Gasteiger partial charge in [-0.15, -0.1) is 6.42 Å². The predicted molar refractivity (Wildman–Crippen MR) is 88.3 cm³/mol. The highest BCUT2D eigenvalue weighted by atomic mass is 35.5. The first-order valence-electron chi connectivity index (χ1n) is 6.42. The summed E-state index contributed by atoms with van der Waals surface area (Å²) in [6, 6.07) is 7.34. The summed E-state index contributed by atoms with van der Waals surface area (Å²) >= 11 is 7.23. The Morgan fingerprint density at radius 1 is 1.41 bits per heavy atom. The molecule has 0 spiro atoms. The van der Waals surface area contributed by atoms with Gasteiger partial charge in [-0.25, -0.2) is 9.78 Å². The number of hydrogen-bond donors (Lipinski definition) is 1. The summed E-state index contributed by atoms with van der Waals surface area (Å²) in [5.41, 5.74) is 2.60. The van der Waals surface area contributed by atoms with Gasteiger partial charge in [0.1, 0.15) is 0 Å². The van der Waals surface area contributed by atoms with Gasteiger partial charge in [0.2, 0.25) is 0 Å². The predicted octanol–water partition coefficient (Wildman–Crippen LogP) is 2.77. The number of aromatic nitrogens is 4. The van der Waals surface area contributed by atoms with Crippen molar-refractivity contribution >= 4 is 29.0 Å². The Bertz CT molecular complexity index is 937. The number of H-pyrrole nitrogens is 1. The van der Waals surface area contributed by atoms with Gasteiger partial charge in [0, 0.05) is 10.6 Å². The smallest absolute Gasteiger partial charge is 0.285 e. The van der Waals surface area contributed by atoms with Crippen molar-refractivity contribution in [2.45, 2.75) is 12.1 Å². The molecule has 22 heavy (non-hydrogen) atoms. The van der Waals surface area contributed by atoms with E-state index in [1.807, 2.05) is 19.1 Å². The Kier molecular flexibility index (Phi) is 3.92. The number of hydrogen-bond acceptors (Lipinski definition) is 4. The average Bonchev–Trinajstić information content (AvgIpc) is 2.83. The zero-order valence-corrected chi connectivity index (χ0v) is 13.2. The summed E-state index contributed by atoms with van der Waals surface area (Å²) in [6.45, 7) is 1.84. The van der Waals surface area contributed by atoms with Gasteiger partial charge in [-0.2, -0.15) is 9.61 Å². The van der Waals surface area contributed by atoms with E-state index >= 15 is 0 Å². The number of aryl methyl sites for hydroxylation is 1. The average molecular weight is 331 g/mol. The van der Waals surface area contributed by atoms with Gasteiger partial charge in [0.15, 0.2) is 10.8 Å². The van der Waals surface area contributed by atoms with Crippen molar-refractivity contribution in [2.24, 2.45) is 0 Å². The van der Waals surface area contributed by atoms with Crippen LogP contribution >= 0.6 is 23.4 Å². The molecule has 1 aromatic carbocycles. The van der Waals surface area contributed by atoms with E-state index in [1.54, 1.807) is 12.1 Å². The first-order chi connectivity index (χ1) is 10.6. The summed E-state index contributed by atoms with van der Waals surface area (Å²) in [6.07, 6.45) is 5.25. The largest absolute Gasteiger partial charge is 0.350 e. The van der Waals surface area contributed by atoms with E-state index in [9.17, 15) is 4.79 Å². The molecule has 5 nitrogen and oxygen atoms in total. The lowest BCUT2D eigenvalue weighted by molar-refractivity contribution is 0.780. The molecule has 0 aliphatic carbocycles. The van der Waals surface area contributed by atoms with Crippen molar-refractivity contribution in [3.05, 3.63) is 45.5 Å². The molecule has 0 aliphatic heterocycles. The minimum atomic E-state index is -0.340. The summed E-state index contributed by atoms with van der Waals surface area (Å²) in [7, 11) is 0. The van der Waals surface area contributed by atoms with Gasteiger partial charge < -0.3 is 0 Å². The molecule has 0 amide bonds. The number of halogens is 1. The van der Waals surface area contributed by atoms with E-state index in [2.05, 4.69) is 21.0 Å². The van der Waals surface area contributed by atoms with E-state index in [-0.39, 0.29) is 5.69 Å². The molecular formula is C15H11ClN4OS. The van der Waals surface area contributed by atoms with Gasteiger partial charge in [0.25, 0.3) is 0 Å². The molecular weight excluding hydrogens is 320 g/mol. The minimum Gasteiger partial charge on any atom is -0.285 e. The monoisotopic (exact) mass is 330 g/mol. The van der Waals surface area contributed by atoms with Crippen molar-refractivity contribution in [1.29, 1.82) is 0 Å². The van der Waals surface area contributed by atoms with Crippen molar-refractivity contribution < 1.29 is 0 Å². The van der Waals surface area contributed by atoms with Crippen LogP contribution in [-0.2, 0) is 0 Å². The highest BCUT2D eigenvalue weighted by Gasteiger charge is 2.16. The summed E-state index contributed by atoms with van der Waals surface area (Å²) in [5.74, 6) is 2.94. The summed E-state index contributed by atoms with van der Waals surface area (Å²) in [4.78, 5) is 19.3. The summed E-state index contributed by atoms with van der Waals surface area (Å²) < 4.78 is 1.26. The van der Waals surface area contributed by atoms with Crippen LogP contribution < -0.4 is 5.69 Å². The molecule has 7 heteroatoms. The van der Waals surface area contributed by atoms with Crippen molar-refractivity contribution in [3.8, 4) is 23.5 Å². The van der Waals surface area contributed by atoms with Crippen LogP contribution in [0.5, 0.6) is 0 Å². The maximum atomic E-state index is 12.1. The number of thioether (sulfide) groups is 1. The van der Waals surface area contributed by atoms with Gasteiger partial charge in [0.05, 0.1) is 11.4 Å². The van der Waals surface area contributed by atoms with Crippen LogP contribution in [0.15, 0.2) is 34.2 Å². The lowest BCUT2D eigenvalue weighted by Gasteiger charge is -2.02. The fourth-order valence-electron chi connectivity index (χ4n) is 2.16. The Labute approximate surface area is 135 Å². The fraction of sp³-hybridized carbons (Fsp3) is 0.133. The number of nitrogens with one attached hydrogen (secondary N) is 1. The third-order valence-electron chi connectivity index (χ3n) is 3.07. The van der Waals surface area contributed by atoms with Crippen LogP contribution in [0.25, 0.3) is 16.8 Å². The lowest BCUT2D eigenvalue weighted by atomic mass is 10.1. The molecule has 0 saturated heterocycles. The van der Waals surface area contributed by atoms with Gasteiger partial charge in [-0.3, -0.25) is 4.98 Å². The molecule has 0 atom stereocenters. The fourth-order valence-corrected chi connectivity index (χ4v) is 2.82. The Balaban J connectivity index is 2.23. The molecule has 1 N–H and O–H groups in total. The molecule has 2 heterocycles. The number of benzene rings is 1. The van der Waals surface area contributed by atoms with Gasteiger partial charge >= 0.3 is 5.69 Å². The summed E-state index contributed by atoms with van der Waals surface area (Å²) in [5, 5.41) is 5.39. The first-order valence-corrected chi connectivity index (χ1v) is 7.78. The number of nitrogens with zero attached hydrogens (tertiary/aromatic N) is 3. The molecule has 3 aromatic rings. The molecule has 0 saturated carbocycles. The Morgan fingerprint density at radius 2 is 2.14 bits per heavy atom. The van der Waals surface area contributed by atoms with Crippen LogP contribution in [0.2, 0.25) is 5.02 Å². The molecule has 0 unspecified atom stereocenters. The molecule has 110 valence electrons. The maximum absolute atomic E-state index is 12.1. The SMILES string of the molecule is C#CCSc1nc2c(-c3ccc(Cl)cc3)c(C)nn2c(=O)[nH]1. The molecule has 0 fully saturated rings. The maximum Gasteiger partial charge on any atom is 0.350 e. The van der Waals surface area contributed by atoms with Crippen molar-refractivity contribution in [3.63, 3.8) is 0 Å². The second kappa shape index (κ2) is 5.87. The highest BCUT2D eigenvalue weighted by Crippen LogP contribution is 2.28. The molecule has 2 aromatic heterocycles. The topological polar surface area (TPSA) is 63.1 Å². The van der Waals surface area contributed by atoms with Crippen LogP contribution in [0, 0.1) is 19.3 Å². The molecule has 0 radical (unpaired) electrons.